The van der Waals surface area contributed by atoms with Crippen LogP contribution in [0, 0.1) is 5.92 Å². The molecule has 0 spiro atoms. The molecule has 1 aliphatic heterocycles. The van der Waals surface area contributed by atoms with Gasteiger partial charge in [-0.05, 0) is 18.9 Å². The molecule has 0 saturated carbocycles. The molecule has 1 unspecified atom stereocenters. The van der Waals surface area contributed by atoms with Gasteiger partial charge >= 0.3 is 12.3 Å². The summed E-state index contributed by atoms with van der Waals surface area (Å²) < 4.78 is 41.6. The van der Waals surface area contributed by atoms with Gasteiger partial charge in [0, 0.05) is 24.6 Å². The minimum absolute atomic E-state index is 0.0835. The van der Waals surface area contributed by atoms with Crippen LogP contribution in [-0.4, -0.2) is 41.3 Å². The number of nitrogens with zero attached hydrogens (tertiary/aromatic N) is 1. The van der Waals surface area contributed by atoms with Gasteiger partial charge < -0.3 is 15.6 Å². The standard InChI is InChI=1S/C15H17F3N2O4/c16-15(17,18)24-11-4-2-1-3-10(11)12(14(22)23)20-7-5-9(6-8-20)13(19)21/h1-4,9,12H,5-8H2,(H2,19,21)(H,22,23). The van der Waals surface area contributed by atoms with E-state index in [-0.39, 0.29) is 24.6 Å². The Labute approximate surface area is 136 Å². The number of halogens is 3. The average Bonchev–Trinajstić information content (AvgIpc) is 2.48. The molecule has 9 heteroatoms. The van der Waals surface area contributed by atoms with Crippen molar-refractivity contribution in [1.29, 1.82) is 0 Å². The van der Waals surface area contributed by atoms with Crippen molar-refractivity contribution in [2.75, 3.05) is 13.1 Å². The van der Waals surface area contributed by atoms with Crippen molar-refractivity contribution >= 4 is 11.9 Å². The third-order valence-corrected chi connectivity index (χ3v) is 3.97. The van der Waals surface area contributed by atoms with Crippen molar-refractivity contribution in [3.8, 4) is 5.75 Å². The highest BCUT2D eigenvalue weighted by atomic mass is 19.4. The number of hydrogen-bond acceptors (Lipinski definition) is 4. The van der Waals surface area contributed by atoms with Crippen LogP contribution in [0.15, 0.2) is 24.3 Å². The van der Waals surface area contributed by atoms with E-state index in [0.717, 1.165) is 6.07 Å². The Balaban J connectivity index is 2.26. The quantitative estimate of drug-likeness (QED) is 0.850. The molecule has 1 aliphatic rings. The lowest BCUT2D eigenvalue weighted by molar-refractivity contribution is -0.275. The average molecular weight is 346 g/mol. The van der Waals surface area contributed by atoms with E-state index in [0.29, 0.717) is 12.8 Å². The van der Waals surface area contributed by atoms with E-state index in [1.165, 1.54) is 23.1 Å². The number of likely N-dealkylation sites (tertiary alicyclic amines) is 1. The van der Waals surface area contributed by atoms with Crippen LogP contribution in [0.3, 0.4) is 0 Å². The number of ether oxygens (including phenoxy) is 1. The smallest absolute Gasteiger partial charge is 0.480 e. The summed E-state index contributed by atoms with van der Waals surface area (Å²) >= 11 is 0. The Bertz CT molecular complexity index is 613. The lowest BCUT2D eigenvalue weighted by Gasteiger charge is -2.35. The van der Waals surface area contributed by atoms with Crippen LogP contribution in [0.2, 0.25) is 0 Å². The van der Waals surface area contributed by atoms with Gasteiger partial charge in [-0.25, -0.2) is 0 Å². The molecule has 0 aromatic heterocycles. The van der Waals surface area contributed by atoms with Gasteiger partial charge in [0.2, 0.25) is 5.91 Å². The van der Waals surface area contributed by atoms with E-state index in [9.17, 15) is 27.9 Å². The van der Waals surface area contributed by atoms with E-state index in [1.807, 2.05) is 0 Å². The Hall–Kier alpha value is -2.29. The number of hydrogen-bond donors (Lipinski definition) is 2. The molecular weight excluding hydrogens is 329 g/mol. The zero-order valence-electron chi connectivity index (χ0n) is 12.6. The summed E-state index contributed by atoms with van der Waals surface area (Å²) in [6.45, 7) is 0.482. The van der Waals surface area contributed by atoms with E-state index in [4.69, 9.17) is 5.73 Å². The minimum Gasteiger partial charge on any atom is -0.480 e. The highest BCUT2D eigenvalue weighted by molar-refractivity contribution is 5.78. The van der Waals surface area contributed by atoms with Gasteiger partial charge in [0.15, 0.2) is 0 Å². The predicted octanol–water partition coefficient (Wildman–Crippen LogP) is 1.91. The number of para-hydroxylation sites is 1. The third kappa shape index (κ3) is 4.38. The van der Waals surface area contributed by atoms with Crippen molar-refractivity contribution in [3.63, 3.8) is 0 Å². The lowest BCUT2D eigenvalue weighted by Crippen LogP contribution is -2.43. The molecule has 0 radical (unpaired) electrons. The first-order chi connectivity index (χ1) is 11.2. The molecule has 24 heavy (non-hydrogen) atoms. The predicted molar refractivity (Wildman–Crippen MR) is 77.0 cm³/mol. The number of carbonyl (C=O) groups excluding carboxylic acids is 1. The second-order valence-electron chi connectivity index (χ2n) is 5.54. The van der Waals surface area contributed by atoms with Gasteiger partial charge in [0.25, 0.3) is 0 Å². The van der Waals surface area contributed by atoms with Gasteiger partial charge in [0.05, 0.1) is 0 Å². The summed E-state index contributed by atoms with van der Waals surface area (Å²) in [6.07, 6.45) is -4.19. The Kier molecular flexibility index (Phi) is 5.33. The molecule has 2 rings (SSSR count). The molecule has 3 N–H and O–H groups in total. The number of benzene rings is 1. The zero-order valence-corrected chi connectivity index (χ0v) is 12.6. The summed E-state index contributed by atoms with van der Waals surface area (Å²) in [6, 6.07) is 3.86. The third-order valence-electron chi connectivity index (χ3n) is 3.97. The summed E-state index contributed by atoms with van der Waals surface area (Å²) in [5.74, 6) is -2.64. The lowest BCUT2D eigenvalue weighted by atomic mass is 9.93. The number of nitrogens with two attached hydrogens (primary N) is 1. The fourth-order valence-corrected chi connectivity index (χ4v) is 2.85. The summed E-state index contributed by atoms with van der Waals surface area (Å²) in [7, 11) is 0. The van der Waals surface area contributed by atoms with Crippen LogP contribution in [0.1, 0.15) is 24.4 Å². The molecule has 1 heterocycles. The van der Waals surface area contributed by atoms with Gasteiger partial charge in [-0.2, -0.15) is 0 Å². The van der Waals surface area contributed by atoms with Gasteiger partial charge in [-0.1, -0.05) is 18.2 Å². The maximum Gasteiger partial charge on any atom is 0.573 e. The van der Waals surface area contributed by atoms with Gasteiger partial charge in [0.1, 0.15) is 11.8 Å². The van der Waals surface area contributed by atoms with Crippen LogP contribution in [0.25, 0.3) is 0 Å². The maximum atomic E-state index is 12.5. The SMILES string of the molecule is NC(=O)C1CCN(C(C(=O)O)c2ccccc2OC(F)(F)F)CC1. The van der Waals surface area contributed by atoms with Crippen LogP contribution in [0.5, 0.6) is 5.75 Å². The number of aliphatic carboxylic acids is 1. The number of primary amides is 1. The van der Waals surface area contributed by atoms with Crippen LogP contribution >= 0.6 is 0 Å². The van der Waals surface area contributed by atoms with Crippen molar-refractivity contribution in [1.82, 2.24) is 4.90 Å². The second kappa shape index (κ2) is 7.08. The second-order valence-corrected chi connectivity index (χ2v) is 5.54. The Morgan fingerprint density at radius 1 is 1.25 bits per heavy atom. The molecule has 1 aromatic rings. The molecule has 132 valence electrons. The number of rotatable bonds is 5. The van der Waals surface area contributed by atoms with E-state index in [1.54, 1.807) is 0 Å². The van der Waals surface area contributed by atoms with Crippen LogP contribution in [0.4, 0.5) is 13.2 Å². The molecule has 0 aliphatic carbocycles. The molecule has 1 amide bonds. The number of carboxylic acid groups (broad SMARTS) is 1. The molecule has 6 nitrogen and oxygen atoms in total. The fourth-order valence-electron chi connectivity index (χ4n) is 2.85. The number of carbonyl (C=O) groups is 2. The topological polar surface area (TPSA) is 92.9 Å². The number of piperidine rings is 1. The summed E-state index contributed by atoms with van der Waals surface area (Å²) in [4.78, 5) is 24.4. The highest BCUT2D eigenvalue weighted by Gasteiger charge is 2.37. The fraction of sp³-hybridized carbons (Fsp3) is 0.467. The maximum absolute atomic E-state index is 12.5. The largest absolute Gasteiger partial charge is 0.573 e. The van der Waals surface area contributed by atoms with Crippen molar-refractivity contribution in [3.05, 3.63) is 29.8 Å². The minimum atomic E-state index is -4.92. The summed E-state index contributed by atoms with van der Waals surface area (Å²) in [5, 5.41) is 9.51. The molecule has 0 bridgehead atoms. The van der Waals surface area contributed by atoms with E-state index in [2.05, 4.69) is 4.74 Å². The van der Waals surface area contributed by atoms with E-state index >= 15 is 0 Å². The molecule has 1 aromatic carbocycles. The van der Waals surface area contributed by atoms with Gasteiger partial charge in [-0.3, -0.25) is 14.5 Å². The molecule has 1 fully saturated rings. The first-order valence-electron chi connectivity index (χ1n) is 7.30. The summed E-state index contributed by atoms with van der Waals surface area (Å²) in [5.41, 5.74) is 5.15. The molecule has 1 atom stereocenters. The van der Waals surface area contributed by atoms with Crippen molar-refractivity contribution in [2.45, 2.75) is 25.2 Å². The van der Waals surface area contributed by atoms with Crippen LogP contribution < -0.4 is 10.5 Å². The van der Waals surface area contributed by atoms with Crippen LogP contribution in [-0.2, 0) is 9.59 Å². The first-order valence-corrected chi connectivity index (χ1v) is 7.30. The Morgan fingerprint density at radius 2 is 1.83 bits per heavy atom. The number of alkyl halides is 3. The number of carboxylic acids is 1. The van der Waals surface area contributed by atoms with Crippen molar-refractivity contribution < 1.29 is 32.6 Å². The highest BCUT2D eigenvalue weighted by Crippen LogP contribution is 2.35. The van der Waals surface area contributed by atoms with Gasteiger partial charge in [-0.15, -0.1) is 13.2 Å². The van der Waals surface area contributed by atoms with Crippen molar-refractivity contribution in [2.24, 2.45) is 11.7 Å². The molecule has 1 saturated heterocycles. The number of amides is 1. The first kappa shape index (κ1) is 18.1. The molecular formula is C15H17F3N2O4. The zero-order chi connectivity index (χ0) is 17.9. The normalized spacial score (nSPS) is 18.1. The monoisotopic (exact) mass is 346 g/mol. The Morgan fingerprint density at radius 3 is 2.33 bits per heavy atom. The van der Waals surface area contributed by atoms with E-state index < -0.39 is 30.0 Å².